The maximum atomic E-state index is 12.6. The van der Waals surface area contributed by atoms with E-state index in [0.29, 0.717) is 13.1 Å². The van der Waals surface area contributed by atoms with Crippen molar-refractivity contribution in [2.45, 2.75) is 44.4 Å². The van der Waals surface area contributed by atoms with Crippen molar-refractivity contribution in [1.82, 2.24) is 9.80 Å². The van der Waals surface area contributed by atoms with Crippen LogP contribution in [-0.4, -0.2) is 54.0 Å². The van der Waals surface area contributed by atoms with Crippen LogP contribution in [0, 0.1) is 0 Å². The molecule has 126 valence electrons. The Morgan fingerprint density at radius 2 is 2.09 bits per heavy atom. The molecule has 1 aromatic rings. The molecule has 2 aliphatic rings. The van der Waals surface area contributed by atoms with Crippen LogP contribution in [0.4, 0.5) is 0 Å². The van der Waals surface area contributed by atoms with Crippen LogP contribution < -0.4 is 10.5 Å². The van der Waals surface area contributed by atoms with Gasteiger partial charge < -0.3 is 20.3 Å². The Labute approximate surface area is 138 Å². The van der Waals surface area contributed by atoms with E-state index in [-0.39, 0.29) is 11.5 Å². The van der Waals surface area contributed by atoms with Crippen LogP contribution in [0.5, 0.6) is 5.75 Å². The highest BCUT2D eigenvalue weighted by atomic mass is 16.5. The molecular weight excluding hydrogens is 290 g/mol. The second-order valence-corrected chi connectivity index (χ2v) is 7.03. The summed E-state index contributed by atoms with van der Waals surface area (Å²) in [6.45, 7) is 5.02. The average molecular weight is 317 g/mol. The third-order valence-electron chi connectivity index (χ3n) is 4.96. The zero-order valence-electron chi connectivity index (χ0n) is 14.1. The summed E-state index contributed by atoms with van der Waals surface area (Å²) in [5.74, 6) is 0.916. The average Bonchev–Trinajstić information content (AvgIpc) is 2.80. The second kappa shape index (κ2) is 6.49. The van der Waals surface area contributed by atoms with Crippen LogP contribution in [0.15, 0.2) is 24.3 Å². The molecule has 1 aromatic carbocycles. The molecule has 0 radical (unpaired) electrons. The van der Waals surface area contributed by atoms with Gasteiger partial charge in [0.05, 0.1) is 12.6 Å². The molecule has 5 heteroatoms. The number of hydrogen-bond acceptors (Lipinski definition) is 4. The summed E-state index contributed by atoms with van der Waals surface area (Å²) in [5, 5.41) is 0. The normalized spacial score (nSPS) is 26.8. The summed E-state index contributed by atoms with van der Waals surface area (Å²) in [6, 6.07) is 7.57. The van der Waals surface area contributed by atoms with Gasteiger partial charge in [-0.1, -0.05) is 18.2 Å². The second-order valence-electron chi connectivity index (χ2n) is 7.03. The predicted molar refractivity (Wildman–Crippen MR) is 90.2 cm³/mol. The van der Waals surface area contributed by atoms with Crippen LogP contribution in [0.1, 0.15) is 31.7 Å². The first-order valence-electron chi connectivity index (χ1n) is 8.49. The molecule has 2 heterocycles. The van der Waals surface area contributed by atoms with E-state index < -0.39 is 6.04 Å². The topological polar surface area (TPSA) is 58.8 Å². The number of nitrogens with zero attached hydrogens (tertiary/aromatic N) is 2. The first-order valence-corrected chi connectivity index (χ1v) is 8.49. The van der Waals surface area contributed by atoms with Crippen molar-refractivity contribution in [3.8, 4) is 5.75 Å². The summed E-state index contributed by atoms with van der Waals surface area (Å²) in [7, 11) is 2.15. The molecule has 5 nitrogen and oxygen atoms in total. The van der Waals surface area contributed by atoms with Gasteiger partial charge in [0.1, 0.15) is 11.4 Å². The highest BCUT2D eigenvalue weighted by Gasteiger charge is 2.40. The van der Waals surface area contributed by atoms with E-state index in [2.05, 4.69) is 11.9 Å². The van der Waals surface area contributed by atoms with Crippen molar-refractivity contribution < 1.29 is 9.53 Å². The van der Waals surface area contributed by atoms with Gasteiger partial charge in [-0.25, -0.2) is 0 Å². The maximum absolute atomic E-state index is 12.6. The molecule has 2 aliphatic heterocycles. The smallest absolute Gasteiger partial charge is 0.239 e. The summed E-state index contributed by atoms with van der Waals surface area (Å²) in [4.78, 5) is 16.8. The monoisotopic (exact) mass is 317 g/mol. The molecule has 0 unspecified atom stereocenters. The lowest BCUT2D eigenvalue weighted by Crippen LogP contribution is -2.51. The molecule has 1 spiro atoms. The van der Waals surface area contributed by atoms with Gasteiger partial charge in [-0.05, 0) is 39.4 Å². The third kappa shape index (κ3) is 3.51. The van der Waals surface area contributed by atoms with E-state index in [4.69, 9.17) is 10.5 Å². The molecule has 1 fully saturated rings. The fourth-order valence-corrected chi connectivity index (χ4v) is 3.62. The largest absolute Gasteiger partial charge is 0.485 e. The SMILES string of the molecule is C[C@H](N)C(=O)N1Cc2ccccc2O[C@@]2(CCCN(C)CC2)C1. The molecule has 0 aliphatic carbocycles. The number of rotatable bonds is 1. The number of amides is 1. The van der Waals surface area contributed by atoms with Gasteiger partial charge in [-0.15, -0.1) is 0 Å². The van der Waals surface area contributed by atoms with Gasteiger partial charge in [-0.3, -0.25) is 4.79 Å². The molecule has 0 aromatic heterocycles. The summed E-state index contributed by atoms with van der Waals surface area (Å²) < 4.78 is 6.51. The Hall–Kier alpha value is -1.59. The van der Waals surface area contributed by atoms with E-state index in [9.17, 15) is 4.79 Å². The van der Waals surface area contributed by atoms with Gasteiger partial charge in [0.2, 0.25) is 5.91 Å². The number of carbonyl (C=O) groups excluding carboxylic acids is 1. The van der Waals surface area contributed by atoms with Crippen LogP contribution in [0.2, 0.25) is 0 Å². The number of fused-ring (bicyclic) bond motifs is 1. The molecule has 1 amide bonds. The highest BCUT2D eigenvalue weighted by Crippen LogP contribution is 2.35. The fraction of sp³-hybridized carbons (Fsp3) is 0.611. The zero-order valence-corrected chi connectivity index (χ0v) is 14.1. The van der Waals surface area contributed by atoms with Crippen molar-refractivity contribution in [2.24, 2.45) is 5.73 Å². The Morgan fingerprint density at radius 3 is 2.87 bits per heavy atom. The minimum absolute atomic E-state index is 0.00211. The van der Waals surface area contributed by atoms with E-state index in [1.54, 1.807) is 6.92 Å². The summed E-state index contributed by atoms with van der Waals surface area (Å²) in [5.41, 5.74) is 6.63. The first kappa shape index (κ1) is 16.3. The van der Waals surface area contributed by atoms with Gasteiger partial charge in [0.25, 0.3) is 0 Å². The number of likely N-dealkylation sites (tertiary alicyclic amines) is 1. The van der Waals surface area contributed by atoms with Crippen LogP contribution in [0.25, 0.3) is 0 Å². The van der Waals surface area contributed by atoms with E-state index in [0.717, 1.165) is 43.7 Å². The number of benzene rings is 1. The van der Waals surface area contributed by atoms with Crippen LogP contribution in [-0.2, 0) is 11.3 Å². The number of nitrogens with two attached hydrogens (primary N) is 1. The Morgan fingerprint density at radius 1 is 1.30 bits per heavy atom. The van der Waals surface area contributed by atoms with Crippen LogP contribution in [0.3, 0.4) is 0 Å². The lowest BCUT2D eigenvalue weighted by Gasteiger charge is -2.36. The first-order chi connectivity index (χ1) is 11.0. The van der Waals surface area contributed by atoms with Gasteiger partial charge in [-0.2, -0.15) is 0 Å². The predicted octanol–water partition coefficient (Wildman–Crippen LogP) is 1.61. The van der Waals surface area contributed by atoms with E-state index >= 15 is 0 Å². The highest BCUT2D eigenvalue weighted by molar-refractivity contribution is 5.81. The van der Waals surface area contributed by atoms with Crippen molar-refractivity contribution in [2.75, 3.05) is 26.7 Å². The quantitative estimate of drug-likeness (QED) is 0.855. The molecule has 3 rings (SSSR count). The summed E-state index contributed by atoms with van der Waals surface area (Å²) >= 11 is 0. The molecule has 23 heavy (non-hydrogen) atoms. The molecule has 2 atom stereocenters. The number of ether oxygens (including phenoxy) is 1. The number of carbonyl (C=O) groups is 1. The number of para-hydroxylation sites is 1. The Balaban J connectivity index is 1.95. The summed E-state index contributed by atoms with van der Waals surface area (Å²) in [6.07, 6.45) is 2.98. The molecule has 0 bridgehead atoms. The molecule has 1 saturated heterocycles. The number of hydrogen-bond donors (Lipinski definition) is 1. The minimum Gasteiger partial charge on any atom is -0.485 e. The maximum Gasteiger partial charge on any atom is 0.239 e. The van der Waals surface area contributed by atoms with Crippen LogP contribution >= 0.6 is 0 Å². The van der Waals surface area contributed by atoms with Crippen molar-refractivity contribution >= 4 is 5.91 Å². The van der Waals surface area contributed by atoms with E-state index in [1.165, 1.54) is 0 Å². The van der Waals surface area contributed by atoms with Gasteiger partial charge >= 0.3 is 0 Å². The zero-order chi connectivity index (χ0) is 16.4. The van der Waals surface area contributed by atoms with Gasteiger partial charge in [0, 0.05) is 25.1 Å². The lowest BCUT2D eigenvalue weighted by atomic mass is 9.93. The Bertz CT molecular complexity index is 575. The lowest BCUT2D eigenvalue weighted by molar-refractivity contribution is -0.135. The van der Waals surface area contributed by atoms with Crippen molar-refractivity contribution in [3.63, 3.8) is 0 Å². The third-order valence-corrected chi connectivity index (χ3v) is 4.96. The van der Waals surface area contributed by atoms with Gasteiger partial charge in [0.15, 0.2) is 0 Å². The van der Waals surface area contributed by atoms with E-state index in [1.807, 2.05) is 29.2 Å². The standard InChI is InChI=1S/C18H27N3O2/c1-14(19)17(22)21-12-15-6-3-4-7-16(15)23-18(13-21)8-5-10-20(2)11-9-18/h3-4,6-7,14H,5,8-13,19H2,1-2H3/t14-,18+/m0/s1. The Kier molecular flexibility index (Phi) is 4.60. The molecule has 2 N–H and O–H groups in total. The van der Waals surface area contributed by atoms with Crippen molar-refractivity contribution in [3.05, 3.63) is 29.8 Å². The fourth-order valence-electron chi connectivity index (χ4n) is 3.62. The van der Waals surface area contributed by atoms with Crippen molar-refractivity contribution in [1.29, 1.82) is 0 Å². The molecule has 0 saturated carbocycles. The minimum atomic E-state index is -0.481. The molecular formula is C18H27N3O2.